The Morgan fingerprint density at radius 2 is 2.04 bits per heavy atom. The molecule has 0 N–H and O–H groups in total. The summed E-state index contributed by atoms with van der Waals surface area (Å²) in [6.07, 6.45) is 0.338. The van der Waals surface area contributed by atoms with Crippen LogP contribution in [0.25, 0.3) is 0 Å². The Balaban J connectivity index is 2.37. The van der Waals surface area contributed by atoms with Crippen LogP contribution in [0, 0.1) is 10.1 Å². The molecule has 1 amide bonds. The molecule has 0 radical (unpaired) electrons. The number of rotatable bonds is 5. The Kier molecular flexibility index (Phi) is 5.09. The number of carbonyl (C=O) groups is 1. The molecule has 0 aliphatic carbocycles. The van der Waals surface area contributed by atoms with Crippen LogP contribution in [0.2, 0.25) is 0 Å². The van der Waals surface area contributed by atoms with Gasteiger partial charge in [-0.2, -0.15) is 0 Å². The molecule has 2 rings (SSSR count). The number of nitro benzene ring substituents is 1. The summed E-state index contributed by atoms with van der Waals surface area (Å²) >= 11 is 0. The average Bonchev–Trinajstić information content (AvgIpc) is 2.85. The quantitative estimate of drug-likeness (QED) is 0.564. The largest absolute Gasteiger partial charge is 0.490 e. The van der Waals surface area contributed by atoms with Crippen molar-refractivity contribution in [2.24, 2.45) is 0 Å². The number of sulfone groups is 1. The minimum Gasteiger partial charge on any atom is -0.490 e. The third-order valence-electron chi connectivity index (χ3n) is 3.82. The van der Waals surface area contributed by atoms with Crippen LogP contribution in [0.5, 0.6) is 5.75 Å². The van der Waals surface area contributed by atoms with Crippen LogP contribution in [0.3, 0.4) is 0 Å². The molecule has 1 saturated heterocycles. The predicted molar refractivity (Wildman–Crippen MR) is 86.6 cm³/mol. The van der Waals surface area contributed by atoms with Crippen LogP contribution in [-0.4, -0.2) is 68.0 Å². The molecule has 0 spiro atoms. The number of benzene rings is 1. The van der Waals surface area contributed by atoms with E-state index in [2.05, 4.69) is 0 Å². The van der Waals surface area contributed by atoms with Gasteiger partial charge < -0.3 is 4.74 Å². The van der Waals surface area contributed by atoms with Crippen LogP contribution < -0.4 is 4.74 Å². The molecule has 1 aromatic rings. The number of ether oxygens (including phenoxy) is 1. The number of nitrogens with zero attached hydrogens (tertiary/aromatic N) is 3. The molecular weight excluding hydrogens is 338 g/mol. The van der Waals surface area contributed by atoms with Crippen LogP contribution in [0.15, 0.2) is 18.2 Å². The Morgan fingerprint density at radius 3 is 2.50 bits per heavy atom. The van der Waals surface area contributed by atoms with E-state index in [9.17, 15) is 23.3 Å². The Bertz CT molecular complexity index is 762. The van der Waals surface area contributed by atoms with Crippen LogP contribution in [0.4, 0.5) is 5.69 Å². The fourth-order valence-corrected chi connectivity index (χ4v) is 4.43. The lowest BCUT2D eigenvalue weighted by Crippen LogP contribution is -2.49. The molecule has 1 aliphatic rings. The number of amides is 1. The highest BCUT2D eigenvalue weighted by Crippen LogP contribution is 2.29. The second-order valence-corrected chi connectivity index (χ2v) is 7.93. The van der Waals surface area contributed by atoms with Crippen molar-refractivity contribution in [2.45, 2.75) is 12.5 Å². The highest BCUT2D eigenvalue weighted by atomic mass is 32.2. The van der Waals surface area contributed by atoms with Crippen molar-refractivity contribution in [3.05, 3.63) is 33.9 Å². The number of hydrazine groups is 1. The predicted octanol–water partition coefficient (Wildman–Crippen LogP) is 0.709. The third kappa shape index (κ3) is 3.65. The van der Waals surface area contributed by atoms with Gasteiger partial charge in [-0.05, 0) is 18.6 Å². The SMILES string of the molecule is COc1ccc(C(=O)N(C2CCS(=O)(=O)C2)N(C)C)cc1[N+](=O)[O-]. The lowest BCUT2D eigenvalue weighted by atomic mass is 10.1. The van der Waals surface area contributed by atoms with Gasteiger partial charge in [0.1, 0.15) is 0 Å². The number of methoxy groups -OCH3 is 1. The van der Waals surface area contributed by atoms with Crippen LogP contribution in [0.1, 0.15) is 16.8 Å². The zero-order chi connectivity index (χ0) is 18.1. The minimum absolute atomic E-state index is 0.0258. The van der Waals surface area contributed by atoms with E-state index in [1.54, 1.807) is 14.1 Å². The van der Waals surface area contributed by atoms with Gasteiger partial charge in [-0.1, -0.05) is 0 Å². The summed E-state index contributed by atoms with van der Waals surface area (Å²) < 4.78 is 28.3. The standard InChI is InChI=1S/C14H19N3O6S/c1-15(2)16(11-6-7-24(21,22)9-11)14(18)10-4-5-13(23-3)12(8-10)17(19)20/h4-5,8,11H,6-7,9H2,1-3H3. The minimum atomic E-state index is -3.17. The van der Waals surface area contributed by atoms with Crippen molar-refractivity contribution >= 4 is 21.4 Å². The third-order valence-corrected chi connectivity index (χ3v) is 5.57. The molecule has 1 unspecified atom stereocenters. The fourth-order valence-electron chi connectivity index (χ4n) is 2.74. The first kappa shape index (κ1) is 18.1. The van der Waals surface area contributed by atoms with Gasteiger partial charge in [0.25, 0.3) is 5.91 Å². The maximum absolute atomic E-state index is 12.8. The van der Waals surface area contributed by atoms with Gasteiger partial charge in [0.15, 0.2) is 15.6 Å². The Morgan fingerprint density at radius 1 is 1.38 bits per heavy atom. The maximum atomic E-state index is 12.8. The zero-order valence-electron chi connectivity index (χ0n) is 13.6. The Labute approximate surface area is 139 Å². The normalized spacial score (nSPS) is 19.2. The summed E-state index contributed by atoms with van der Waals surface area (Å²) in [6.45, 7) is 0. The van der Waals surface area contributed by atoms with E-state index >= 15 is 0 Å². The first-order valence-electron chi connectivity index (χ1n) is 7.20. The van der Waals surface area contributed by atoms with E-state index in [0.29, 0.717) is 6.42 Å². The Hall–Kier alpha value is -2.20. The number of nitro groups is 1. The number of hydrogen-bond acceptors (Lipinski definition) is 7. The summed E-state index contributed by atoms with van der Waals surface area (Å²) in [7, 11) is 1.39. The van der Waals surface area contributed by atoms with E-state index in [-0.39, 0.29) is 28.5 Å². The van der Waals surface area contributed by atoms with Gasteiger partial charge >= 0.3 is 5.69 Å². The van der Waals surface area contributed by atoms with Gasteiger partial charge in [0.2, 0.25) is 0 Å². The van der Waals surface area contributed by atoms with Gasteiger partial charge in [-0.15, -0.1) is 0 Å². The summed E-state index contributed by atoms with van der Waals surface area (Å²) in [5.41, 5.74) is -0.221. The smallest absolute Gasteiger partial charge is 0.311 e. The molecule has 132 valence electrons. The topological polar surface area (TPSA) is 110 Å². The molecule has 1 aromatic carbocycles. The lowest BCUT2D eigenvalue weighted by molar-refractivity contribution is -0.385. The summed E-state index contributed by atoms with van der Waals surface area (Å²) in [4.78, 5) is 23.3. The zero-order valence-corrected chi connectivity index (χ0v) is 14.4. The fraction of sp³-hybridized carbons (Fsp3) is 0.500. The second kappa shape index (κ2) is 6.73. The molecule has 9 nitrogen and oxygen atoms in total. The van der Waals surface area contributed by atoms with Crippen molar-refractivity contribution in [3.63, 3.8) is 0 Å². The van der Waals surface area contributed by atoms with E-state index < -0.39 is 26.7 Å². The first-order chi connectivity index (χ1) is 11.2. The molecule has 1 fully saturated rings. The molecule has 1 atom stereocenters. The number of hydrogen-bond donors (Lipinski definition) is 0. The monoisotopic (exact) mass is 357 g/mol. The molecular formula is C14H19N3O6S. The lowest BCUT2D eigenvalue weighted by Gasteiger charge is -2.33. The van der Waals surface area contributed by atoms with Gasteiger partial charge in [-0.25, -0.2) is 13.4 Å². The van der Waals surface area contributed by atoms with Crippen molar-refractivity contribution in [1.29, 1.82) is 0 Å². The van der Waals surface area contributed by atoms with Crippen molar-refractivity contribution in [1.82, 2.24) is 10.0 Å². The highest BCUT2D eigenvalue weighted by Gasteiger charge is 2.36. The average molecular weight is 357 g/mol. The molecule has 0 saturated carbocycles. The van der Waals surface area contributed by atoms with E-state index in [0.717, 1.165) is 6.07 Å². The van der Waals surface area contributed by atoms with Crippen molar-refractivity contribution < 1.29 is 22.9 Å². The molecule has 24 heavy (non-hydrogen) atoms. The van der Waals surface area contributed by atoms with Gasteiger partial charge in [0.05, 0.1) is 29.6 Å². The van der Waals surface area contributed by atoms with Crippen LogP contribution in [-0.2, 0) is 9.84 Å². The van der Waals surface area contributed by atoms with E-state index in [4.69, 9.17) is 4.74 Å². The summed E-state index contributed by atoms with van der Waals surface area (Å²) in [5.74, 6) is -0.531. The second-order valence-electron chi connectivity index (χ2n) is 5.70. The van der Waals surface area contributed by atoms with E-state index in [1.165, 1.54) is 29.3 Å². The van der Waals surface area contributed by atoms with Crippen molar-refractivity contribution in [2.75, 3.05) is 32.7 Å². The van der Waals surface area contributed by atoms with Crippen LogP contribution >= 0.6 is 0 Å². The number of carbonyl (C=O) groups excluding carboxylic acids is 1. The maximum Gasteiger partial charge on any atom is 0.311 e. The molecule has 0 aromatic heterocycles. The van der Waals surface area contributed by atoms with Gasteiger partial charge in [-0.3, -0.25) is 19.9 Å². The van der Waals surface area contributed by atoms with Gasteiger partial charge in [0, 0.05) is 25.7 Å². The molecule has 1 heterocycles. The van der Waals surface area contributed by atoms with E-state index in [1.807, 2.05) is 0 Å². The molecule has 0 bridgehead atoms. The first-order valence-corrected chi connectivity index (χ1v) is 9.02. The molecule has 10 heteroatoms. The summed E-state index contributed by atoms with van der Waals surface area (Å²) in [5, 5.41) is 13.9. The highest BCUT2D eigenvalue weighted by molar-refractivity contribution is 7.91. The molecule has 1 aliphatic heterocycles. The summed E-state index contributed by atoms with van der Waals surface area (Å²) in [6, 6.07) is 3.43. The van der Waals surface area contributed by atoms with Crippen molar-refractivity contribution in [3.8, 4) is 5.75 Å².